The van der Waals surface area contributed by atoms with Crippen LogP contribution in [0.1, 0.15) is 167 Å². The molecule has 2 N–H and O–H groups in total. The number of likely N-dealkylation sites (tertiary alicyclic amines) is 2. The van der Waals surface area contributed by atoms with Gasteiger partial charge in [-0.3, -0.25) is 9.59 Å². The second-order valence-corrected chi connectivity index (χ2v) is 19.3. The van der Waals surface area contributed by atoms with Gasteiger partial charge in [0.05, 0.1) is 37.0 Å². The number of nitrogens with zero attached hydrogens (tertiary/aromatic N) is 5. The van der Waals surface area contributed by atoms with Crippen molar-refractivity contribution < 1.29 is 19.4 Å². The minimum atomic E-state index is -0.743. The molecule has 2 aromatic heterocycles. The molecule has 5 aromatic rings. The molecule has 5 aliphatic rings. The molecular weight excluding hydrogens is 799 g/mol. The molecule has 64 heavy (non-hydrogen) atoms. The van der Waals surface area contributed by atoms with Crippen molar-refractivity contribution in [3.63, 3.8) is 0 Å². The first-order valence-electron chi connectivity index (χ1n) is 24.1. The zero-order valence-electron chi connectivity index (χ0n) is 37.4. The van der Waals surface area contributed by atoms with Gasteiger partial charge in [0.25, 0.3) is 5.91 Å². The van der Waals surface area contributed by atoms with E-state index >= 15 is 0 Å². The summed E-state index contributed by atoms with van der Waals surface area (Å²) in [5.41, 5.74) is 6.56. The summed E-state index contributed by atoms with van der Waals surface area (Å²) in [7, 11) is 1.42. The fraction of sp³-hybridized carbons (Fsp3) is 0.491. The van der Waals surface area contributed by atoms with Gasteiger partial charge in [-0.05, 0) is 111 Å². The smallest absolute Gasteiger partial charge is 0.252 e. The molecule has 0 unspecified atom stereocenters. The number of fused-ring (bicyclic) bond motifs is 2. The standard InChI is InChI=1S/C53H63N7O4/c1-34(35-13-5-3-6-14-35)52(61)59-45-19-11-9-17-41(45)29-47(59)50-54-31-43(57-50)38-25-21-36(22-26-38)37-23-27-39(28-24-37)44-32-55-51(58-44)48-30-42-18-10-12-20-46(42)60(48)53(62)49(56-33-64-63-2)40-15-7-4-8-16-40/h3-8,13-16,23-24,27-28,31-34,36,38,41-42,45-49H,9-12,17-22,25-26,29-30H2,1-2H3,(H,54,57)(H,55,58)/t34-,36?,38?,41+,42+,45+,46+,47+,48+,49-/m1/s1. The van der Waals surface area contributed by atoms with Crippen LogP contribution in [0.5, 0.6) is 0 Å². The highest BCUT2D eigenvalue weighted by atomic mass is 17.2. The molecule has 2 aliphatic heterocycles. The minimum Gasteiger partial charge on any atom is -0.344 e. The van der Waals surface area contributed by atoms with Gasteiger partial charge < -0.3 is 24.7 Å². The van der Waals surface area contributed by atoms with Crippen LogP contribution in [0.25, 0.3) is 11.3 Å². The lowest BCUT2D eigenvalue weighted by atomic mass is 9.77. The summed E-state index contributed by atoms with van der Waals surface area (Å²) in [6, 6.07) is 28.6. The van der Waals surface area contributed by atoms with Crippen molar-refractivity contribution in [1.82, 2.24) is 29.7 Å². The van der Waals surface area contributed by atoms with E-state index < -0.39 is 6.04 Å². The van der Waals surface area contributed by atoms with E-state index in [1.165, 1.54) is 50.5 Å². The fourth-order valence-corrected chi connectivity index (χ4v) is 12.4. The Balaban J connectivity index is 0.798. The molecule has 0 spiro atoms. The lowest BCUT2D eigenvalue weighted by Gasteiger charge is -2.35. The Bertz CT molecular complexity index is 2370. The van der Waals surface area contributed by atoms with E-state index in [9.17, 15) is 9.59 Å². The molecule has 0 bridgehead atoms. The molecule has 11 heteroatoms. The molecule has 5 fully saturated rings. The van der Waals surface area contributed by atoms with Crippen molar-refractivity contribution >= 4 is 18.2 Å². The van der Waals surface area contributed by atoms with Crippen molar-refractivity contribution in [2.24, 2.45) is 16.8 Å². The molecule has 8 atom stereocenters. The number of aromatic nitrogens is 4. The van der Waals surface area contributed by atoms with E-state index in [1.807, 2.05) is 54.7 Å². The topological polar surface area (TPSA) is 129 Å². The van der Waals surface area contributed by atoms with Gasteiger partial charge >= 0.3 is 0 Å². The Kier molecular flexibility index (Phi) is 12.5. The number of hydrogen-bond donors (Lipinski definition) is 2. The lowest BCUT2D eigenvalue weighted by molar-refractivity contribution is -0.188. The Morgan fingerprint density at radius 2 is 1.23 bits per heavy atom. The maximum atomic E-state index is 14.6. The number of imidazole rings is 2. The number of rotatable bonds is 12. The number of carbonyl (C=O) groups excluding carboxylic acids is 2. The summed E-state index contributed by atoms with van der Waals surface area (Å²) in [5, 5.41) is 0. The van der Waals surface area contributed by atoms with Crippen LogP contribution in [0.15, 0.2) is 102 Å². The van der Waals surface area contributed by atoms with E-state index in [2.05, 4.69) is 74.3 Å². The molecule has 334 valence electrons. The second kappa shape index (κ2) is 18.9. The Morgan fingerprint density at radius 3 is 1.88 bits per heavy atom. The van der Waals surface area contributed by atoms with E-state index in [0.717, 1.165) is 98.2 Å². The summed E-state index contributed by atoms with van der Waals surface area (Å²) < 4.78 is 0. The SMILES string of the molecule is COOC=N[C@@H](C(=O)N1[C@H](c2ncc(-c3ccc(C4CCC(c5cnc([C@@H]6C[C@@H]7CCCC[C@@H]7N6C(=O)[C@H](C)c6ccccc6)[nH]5)CC4)cc3)[nH]2)C[C@@H]2CCCC[C@@H]21)c1ccccc1. The van der Waals surface area contributed by atoms with Crippen LogP contribution in [-0.2, 0) is 19.4 Å². The van der Waals surface area contributed by atoms with Gasteiger partial charge in [0.2, 0.25) is 12.3 Å². The number of H-pyrrole nitrogens is 2. The van der Waals surface area contributed by atoms with Crippen molar-refractivity contribution in [3.05, 3.63) is 131 Å². The summed E-state index contributed by atoms with van der Waals surface area (Å²) in [4.78, 5) is 64.9. The largest absolute Gasteiger partial charge is 0.344 e. The average molecular weight is 862 g/mol. The number of nitrogens with one attached hydrogen (secondary N) is 2. The minimum absolute atomic E-state index is 0.0126. The predicted molar refractivity (Wildman–Crippen MR) is 247 cm³/mol. The molecule has 11 nitrogen and oxygen atoms in total. The van der Waals surface area contributed by atoms with Crippen LogP contribution in [0.3, 0.4) is 0 Å². The number of aliphatic imine (C=N–C) groups is 1. The van der Waals surface area contributed by atoms with Gasteiger partial charge in [-0.1, -0.05) is 111 Å². The van der Waals surface area contributed by atoms with Crippen molar-refractivity contribution in [2.75, 3.05) is 7.11 Å². The third-order valence-corrected chi connectivity index (χ3v) is 15.8. The van der Waals surface area contributed by atoms with Crippen LogP contribution < -0.4 is 0 Å². The van der Waals surface area contributed by atoms with E-state index in [-0.39, 0.29) is 35.9 Å². The van der Waals surface area contributed by atoms with Gasteiger partial charge in [-0.2, -0.15) is 4.89 Å². The van der Waals surface area contributed by atoms with Crippen LogP contribution in [0.2, 0.25) is 0 Å². The Labute approximate surface area is 377 Å². The van der Waals surface area contributed by atoms with Crippen LogP contribution >= 0.6 is 0 Å². The first-order chi connectivity index (χ1) is 31.4. The molecule has 2 amide bonds. The van der Waals surface area contributed by atoms with E-state index in [0.29, 0.717) is 29.7 Å². The lowest BCUT2D eigenvalue weighted by Crippen LogP contribution is -2.42. The zero-order valence-corrected chi connectivity index (χ0v) is 37.4. The zero-order chi connectivity index (χ0) is 43.6. The van der Waals surface area contributed by atoms with Crippen LogP contribution in [0, 0.1) is 11.8 Å². The maximum absolute atomic E-state index is 14.6. The molecule has 3 saturated carbocycles. The summed E-state index contributed by atoms with van der Waals surface area (Å²) in [5.74, 6) is 3.76. The quantitative estimate of drug-likeness (QED) is 0.0556. The number of hydrogen-bond acceptors (Lipinski definition) is 7. The van der Waals surface area contributed by atoms with Gasteiger partial charge in [0.1, 0.15) is 11.6 Å². The van der Waals surface area contributed by atoms with Crippen molar-refractivity contribution in [3.8, 4) is 11.3 Å². The Hall–Kier alpha value is -5.55. The second-order valence-electron chi connectivity index (χ2n) is 19.3. The first kappa shape index (κ1) is 42.4. The molecule has 10 rings (SSSR count). The molecule has 3 aromatic carbocycles. The third-order valence-electron chi connectivity index (χ3n) is 15.8. The van der Waals surface area contributed by atoms with Crippen molar-refractivity contribution in [1.29, 1.82) is 0 Å². The fourth-order valence-electron chi connectivity index (χ4n) is 12.4. The first-order valence-corrected chi connectivity index (χ1v) is 24.1. The van der Waals surface area contributed by atoms with Crippen LogP contribution in [-0.4, -0.2) is 67.1 Å². The monoisotopic (exact) mass is 861 g/mol. The number of aromatic amines is 2. The summed E-state index contributed by atoms with van der Waals surface area (Å²) >= 11 is 0. The molecule has 3 aliphatic carbocycles. The molecule has 2 saturated heterocycles. The average Bonchev–Trinajstić information content (AvgIpc) is 4.18. The van der Waals surface area contributed by atoms with Crippen molar-refractivity contribution in [2.45, 2.75) is 145 Å². The van der Waals surface area contributed by atoms with Gasteiger partial charge in [0, 0.05) is 29.9 Å². The van der Waals surface area contributed by atoms with E-state index in [1.54, 1.807) is 0 Å². The van der Waals surface area contributed by atoms with Crippen LogP contribution in [0.4, 0.5) is 0 Å². The van der Waals surface area contributed by atoms with Gasteiger partial charge in [0.15, 0.2) is 6.04 Å². The van der Waals surface area contributed by atoms with Gasteiger partial charge in [-0.15, -0.1) is 0 Å². The van der Waals surface area contributed by atoms with Gasteiger partial charge in [-0.25, -0.2) is 15.0 Å². The third kappa shape index (κ3) is 8.43. The maximum Gasteiger partial charge on any atom is 0.252 e. The normalized spacial score (nSPS) is 27.8. The molecule has 4 heterocycles. The number of amides is 2. The highest BCUT2D eigenvalue weighted by Gasteiger charge is 2.49. The predicted octanol–water partition coefficient (Wildman–Crippen LogP) is 11.1. The number of benzene rings is 3. The molecular formula is C53H63N7O4. The summed E-state index contributed by atoms with van der Waals surface area (Å²) in [6.07, 6.45) is 20.7. The number of carbonyl (C=O) groups is 2. The highest BCUT2D eigenvalue weighted by molar-refractivity contribution is 5.86. The highest BCUT2D eigenvalue weighted by Crippen LogP contribution is 2.49. The molecule has 0 radical (unpaired) electrons. The Morgan fingerprint density at radius 1 is 0.672 bits per heavy atom. The van der Waals surface area contributed by atoms with E-state index in [4.69, 9.17) is 19.7 Å². The summed E-state index contributed by atoms with van der Waals surface area (Å²) in [6.45, 7) is 2.07.